The van der Waals surface area contributed by atoms with Crippen molar-refractivity contribution in [3.05, 3.63) is 65.2 Å². The summed E-state index contributed by atoms with van der Waals surface area (Å²) in [6.07, 6.45) is 4.62. The van der Waals surface area contributed by atoms with Gasteiger partial charge >= 0.3 is 0 Å². The third-order valence-electron chi connectivity index (χ3n) is 7.39. The van der Waals surface area contributed by atoms with Crippen LogP contribution in [0.3, 0.4) is 0 Å². The SMILES string of the molecule is CN1CCC(C2CCN([C@@](NC(=S)Nc3ccc(Cl)cc3)(C(N)=O)c3ccccc3)CC2)CC1. The van der Waals surface area contributed by atoms with Crippen LogP contribution < -0.4 is 16.4 Å². The molecule has 2 aliphatic rings. The predicted octanol–water partition coefficient (Wildman–Crippen LogP) is 4.02. The van der Waals surface area contributed by atoms with Gasteiger partial charge in [0, 0.05) is 29.4 Å². The number of rotatable bonds is 6. The molecule has 1 atom stereocenters. The van der Waals surface area contributed by atoms with Crippen LogP contribution in [-0.4, -0.2) is 54.0 Å². The molecule has 2 aliphatic heterocycles. The maximum atomic E-state index is 13.2. The molecule has 0 spiro atoms. The van der Waals surface area contributed by atoms with Gasteiger partial charge in [0.2, 0.25) is 0 Å². The highest BCUT2D eigenvalue weighted by atomic mass is 35.5. The van der Waals surface area contributed by atoms with Crippen molar-refractivity contribution in [1.29, 1.82) is 0 Å². The fourth-order valence-corrected chi connectivity index (χ4v) is 5.83. The molecule has 4 N–H and O–H groups in total. The van der Waals surface area contributed by atoms with Gasteiger partial charge in [0.15, 0.2) is 10.8 Å². The predicted molar refractivity (Wildman–Crippen MR) is 143 cm³/mol. The zero-order valence-electron chi connectivity index (χ0n) is 19.7. The van der Waals surface area contributed by atoms with Crippen molar-refractivity contribution in [3.8, 4) is 0 Å². The average Bonchev–Trinajstić information content (AvgIpc) is 2.85. The molecule has 182 valence electrons. The lowest BCUT2D eigenvalue weighted by Gasteiger charge is -2.47. The molecule has 2 saturated heterocycles. The van der Waals surface area contributed by atoms with E-state index < -0.39 is 11.6 Å². The van der Waals surface area contributed by atoms with Gasteiger partial charge in [-0.3, -0.25) is 9.69 Å². The van der Waals surface area contributed by atoms with Crippen LogP contribution in [0, 0.1) is 11.8 Å². The Balaban J connectivity index is 1.54. The number of carbonyl (C=O) groups excluding carboxylic acids is 1. The number of carbonyl (C=O) groups is 1. The van der Waals surface area contributed by atoms with Gasteiger partial charge in [-0.25, -0.2) is 0 Å². The lowest BCUT2D eigenvalue weighted by atomic mass is 9.78. The first-order chi connectivity index (χ1) is 16.4. The van der Waals surface area contributed by atoms with Crippen LogP contribution in [-0.2, 0) is 10.5 Å². The number of benzene rings is 2. The number of nitrogens with zero attached hydrogens (tertiary/aromatic N) is 2. The molecule has 6 nitrogen and oxygen atoms in total. The lowest BCUT2D eigenvalue weighted by Crippen LogP contribution is -2.67. The highest BCUT2D eigenvalue weighted by Crippen LogP contribution is 2.36. The summed E-state index contributed by atoms with van der Waals surface area (Å²) in [4.78, 5) is 17.8. The molecule has 8 heteroatoms. The number of piperidine rings is 2. The van der Waals surface area contributed by atoms with Crippen molar-refractivity contribution in [2.45, 2.75) is 31.3 Å². The van der Waals surface area contributed by atoms with E-state index in [-0.39, 0.29) is 0 Å². The van der Waals surface area contributed by atoms with Crippen LogP contribution in [0.25, 0.3) is 0 Å². The Morgan fingerprint density at radius 1 is 0.971 bits per heavy atom. The Kier molecular flexibility index (Phi) is 8.09. The highest BCUT2D eigenvalue weighted by molar-refractivity contribution is 7.80. The molecule has 2 aromatic carbocycles. The van der Waals surface area contributed by atoms with E-state index in [2.05, 4.69) is 27.5 Å². The van der Waals surface area contributed by atoms with E-state index in [9.17, 15) is 4.79 Å². The van der Waals surface area contributed by atoms with Crippen molar-refractivity contribution in [1.82, 2.24) is 15.1 Å². The number of amides is 1. The van der Waals surface area contributed by atoms with Crippen LogP contribution in [0.1, 0.15) is 31.2 Å². The quantitative estimate of drug-likeness (QED) is 0.521. The van der Waals surface area contributed by atoms with Gasteiger partial charge in [-0.05, 0) is 94.1 Å². The molecule has 1 amide bonds. The summed E-state index contributed by atoms with van der Waals surface area (Å²) < 4.78 is 0. The van der Waals surface area contributed by atoms with Gasteiger partial charge in [-0.15, -0.1) is 0 Å². The van der Waals surface area contributed by atoms with Crippen molar-refractivity contribution in [2.75, 3.05) is 38.5 Å². The number of halogens is 1. The zero-order chi connectivity index (χ0) is 24.1. The summed E-state index contributed by atoms with van der Waals surface area (Å²) in [5.41, 5.74) is 6.49. The third-order valence-corrected chi connectivity index (χ3v) is 7.84. The van der Waals surface area contributed by atoms with Crippen molar-refractivity contribution >= 4 is 40.5 Å². The minimum absolute atomic E-state index is 0.336. The Hall–Kier alpha value is -2.19. The summed E-state index contributed by atoms with van der Waals surface area (Å²) in [5.74, 6) is 0.987. The first-order valence-corrected chi connectivity index (χ1v) is 12.8. The van der Waals surface area contributed by atoms with Crippen LogP contribution in [0.2, 0.25) is 5.02 Å². The standard InChI is InChI=1S/C26H34ClN5OS/c1-31-15-11-19(12-16-31)20-13-17-32(18-14-20)26(24(28)33,21-5-3-2-4-6-21)30-25(34)29-23-9-7-22(27)8-10-23/h2-10,19-20H,11-18H2,1H3,(H2,28,33)(H2,29,30,34)/t26-/m1/s1. The number of likely N-dealkylation sites (tertiary alicyclic amines) is 2. The van der Waals surface area contributed by atoms with E-state index >= 15 is 0 Å². The summed E-state index contributed by atoms with van der Waals surface area (Å²) in [6.45, 7) is 3.91. The first kappa shape index (κ1) is 24.9. The van der Waals surface area contributed by atoms with Gasteiger partial charge in [0.25, 0.3) is 5.91 Å². The maximum Gasteiger partial charge on any atom is 0.263 e. The van der Waals surface area contributed by atoms with E-state index in [1.54, 1.807) is 12.1 Å². The van der Waals surface area contributed by atoms with Crippen LogP contribution in [0.15, 0.2) is 54.6 Å². The largest absolute Gasteiger partial charge is 0.366 e. The molecular weight excluding hydrogens is 466 g/mol. The molecule has 2 fully saturated rings. The summed E-state index contributed by atoms with van der Waals surface area (Å²) in [5, 5.41) is 7.47. The number of hydrogen-bond acceptors (Lipinski definition) is 4. The van der Waals surface area contributed by atoms with Gasteiger partial charge in [-0.2, -0.15) is 0 Å². The Morgan fingerprint density at radius 2 is 1.53 bits per heavy atom. The number of hydrogen-bond donors (Lipinski definition) is 3. The molecule has 0 bridgehead atoms. The fourth-order valence-electron chi connectivity index (χ4n) is 5.44. The second kappa shape index (κ2) is 11.0. The minimum Gasteiger partial charge on any atom is -0.366 e. The number of nitrogens with two attached hydrogens (primary N) is 1. The normalized spacial score (nSPS) is 20.4. The van der Waals surface area contributed by atoms with Gasteiger partial charge < -0.3 is 21.3 Å². The third kappa shape index (κ3) is 5.54. The molecule has 2 heterocycles. The van der Waals surface area contributed by atoms with Crippen LogP contribution in [0.4, 0.5) is 5.69 Å². The number of anilines is 1. The number of nitrogens with one attached hydrogen (secondary N) is 2. The molecule has 0 radical (unpaired) electrons. The van der Waals surface area contributed by atoms with Crippen molar-refractivity contribution < 1.29 is 4.79 Å². The summed E-state index contributed by atoms with van der Waals surface area (Å²) >= 11 is 11.7. The fraction of sp³-hybridized carbons (Fsp3) is 0.462. The molecule has 2 aromatic rings. The Labute approximate surface area is 212 Å². The Bertz CT molecular complexity index is 972. The van der Waals surface area contributed by atoms with Crippen molar-refractivity contribution in [3.63, 3.8) is 0 Å². The summed E-state index contributed by atoms with van der Waals surface area (Å²) in [7, 11) is 2.20. The van der Waals surface area contributed by atoms with E-state index in [1.165, 1.54) is 25.9 Å². The first-order valence-electron chi connectivity index (χ1n) is 12.0. The van der Waals surface area contributed by atoms with E-state index in [1.807, 2.05) is 42.5 Å². The topological polar surface area (TPSA) is 73.6 Å². The monoisotopic (exact) mass is 499 g/mol. The highest BCUT2D eigenvalue weighted by Gasteiger charge is 2.47. The van der Waals surface area contributed by atoms with E-state index in [0.29, 0.717) is 16.1 Å². The lowest BCUT2D eigenvalue weighted by molar-refractivity contribution is -0.134. The molecule has 4 rings (SSSR count). The van der Waals surface area contributed by atoms with Gasteiger partial charge in [-0.1, -0.05) is 41.9 Å². The van der Waals surface area contributed by atoms with Crippen LogP contribution in [0.5, 0.6) is 0 Å². The van der Waals surface area contributed by atoms with Gasteiger partial charge in [0.05, 0.1) is 0 Å². The summed E-state index contributed by atoms with van der Waals surface area (Å²) in [6, 6.07) is 16.9. The van der Waals surface area contributed by atoms with E-state index in [4.69, 9.17) is 29.6 Å². The van der Waals surface area contributed by atoms with Gasteiger partial charge in [0.1, 0.15) is 0 Å². The number of primary amides is 1. The van der Waals surface area contributed by atoms with Crippen LogP contribution >= 0.6 is 23.8 Å². The second-order valence-electron chi connectivity index (χ2n) is 9.49. The second-order valence-corrected chi connectivity index (χ2v) is 10.3. The number of thiocarbonyl (C=S) groups is 1. The molecular formula is C26H34ClN5OS. The molecule has 0 saturated carbocycles. The zero-order valence-corrected chi connectivity index (χ0v) is 21.2. The smallest absolute Gasteiger partial charge is 0.263 e. The molecule has 0 aromatic heterocycles. The van der Waals surface area contributed by atoms with E-state index in [0.717, 1.165) is 43.1 Å². The molecule has 0 unspecified atom stereocenters. The maximum absolute atomic E-state index is 13.2. The van der Waals surface area contributed by atoms with Crippen molar-refractivity contribution in [2.24, 2.45) is 17.6 Å². The average molecular weight is 500 g/mol. The molecule has 0 aliphatic carbocycles. The Morgan fingerprint density at radius 3 is 2.09 bits per heavy atom. The minimum atomic E-state index is -1.23. The molecule has 34 heavy (non-hydrogen) atoms.